The minimum Gasteiger partial charge on any atom is -0.493 e. The van der Waals surface area contributed by atoms with E-state index in [9.17, 15) is 10.4 Å². The topological polar surface area (TPSA) is 71.7 Å². The molecule has 1 N–H and O–H groups in total. The Hall–Kier alpha value is -1.29. The number of nitriles is 1. The van der Waals surface area contributed by atoms with Gasteiger partial charge in [-0.2, -0.15) is 5.26 Å². The Kier molecular flexibility index (Phi) is 6.09. The largest absolute Gasteiger partial charge is 0.493 e. The van der Waals surface area contributed by atoms with Crippen LogP contribution in [0.4, 0.5) is 0 Å². The second kappa shape index (κ2) is 7.34. The van der Waals surface area contributed by atoms with Gasteiger partial charge in [0.15, 0.2) is 11.5 Å². The summed E-state index contributed by atoms with van der Waals surface area (Å²) in [6.07, 6.45) is -0.903. The van der Waals surface area contributed by atoms with E-state index in [0.29, 0.717) is 21.5 Å². The molecule has 0 saturated heterocycles. The van der Waals surface area contributed by atoms with Crippen LogP contribution in [0.1, 0.15) is 11.5 Å². The molecule has 0 saturated carbocycles. The number of aliphatic hydroxyl groups excluding tert-OH is 1. The van der Waals surface area contributed by atoms with Gasteiger partial charge in [0.25, 0.3) is 0 Å². The van der Waals surface area contributed by atoms with Gasteiger partial charge in [0.05, 0.1) is 43.4 Å². The summed E-state index contributed by atoms with van der Waals surface area (Å²) in [5, 5.41) is 19.1. The fourth-order valence-electron chi connectivity index (χ4n) is 1.77. The summed E-state index contributed by atoms with van der Waals surface area (Å²) < 4.78 is 15.9. The molecule has 0 spiro atoms. The number of benzene rings is 1. The number of aliphatic hydroxyl groups is 1. The third-order valence-corrected chi connectivity index (χ3v) is 3.27. The van der Waals surface area contributed by atoms with E-state index >= 15 is 0 Å². The number of halogens is 1. The average molecular weight is 330 g/mol. The molecule has 2 atom stereocenters. The van der Waals surface area contributed by atoms with Gasteiger partial charge in [-0.15, -0.1) is 0 Å². The molecular weight excluding hydrogens is 314 g/mol. The van der Waals surface area contributed by atoms with Gasteiger partial charge in [-0.05, 0) is 33.6 Å². The molecule has 0 radical (unpaired) electrons. The zero-order chi connectivity index (χ0) is 14.4. The van der Waals surface area contributed by atoms with Crippen molar-refractivity contribution in [1.29, 1.82) is 5.26 Å². The fraction of sp³-hybridized carbons (Fsp3) is 0.462. The van der Waals surface area contributed by atoms with Crippen molar-refractivity contribution in [3.8, 4) is 17.6 Å². The lowest BCUT2D eigenvalue weighted by Gasteiger charge is -2.18. The Morgan fingerprint density at radius 3 is 2.47 bits per heavy atom. The molecule has 0 aliphatic carbocycles. The highest BCUT2D eigenvalue weighted by Gasteiger charge is 2.23. The van der Waals surface area contributed by atoms with Crippen molar-refractivity contribution in [1.82, 2.24) is 0 Å². The van der Waals surface area contributed by atoms with Crippen LogP contribution in [-0.4, -0.2) is 39.1 Å². The summed E-state index contributed by atoms with van der Waals surface area (Å²) in [6, 6.07) is 5.48. The van der Waals surface area contributed by atoms with Crippen molar-refractivity contribution < 1.29 is 19.3 Å². The molecule has 0 aromatic heterocycles. The van der Waals surface area contributed by atoms with Gasteiger partial charge in [-0.3, -0.25) is 0 Å². The molecule has 0 heterocycles. The second-order valence-electron chi connectivity index (χ2n) is 3.87. The van der Waals surface area contributed by atoms with Crippen LogP contribution in [0.3, 0.4) is 0 Å². The highest BCUT2D eigenvalue weighted by atomic mass is 79.9. The third kappa shape index (κ3) is 3.60. The monoisotopic (exact) mass is 329 g/mol. The lowest BCUT2D eigenvalue weighted by Crippen LogP contribution is -2.22. The number of methoxy groups -OCH3 is 3. The standard InChI is InChI=1S/C13H16BrNO4/c1-17-7-11(16)9(6-15)8-4-10(14)13(19-3)12(5-8)18-2/h4-5,9,11,16H,7H2,1-3H3. The number of nitrogens with zero attached hydrogens (tertiary/aromatic N) is 1. The van der Waals surface area contributed by atoms with Crippen molar-refractivity contribution >= 4 is 15.9 Å². The van der Waals surface area contributed by atoms with Crippen LogP contribution in [0.25, 0.3) is 0 Å². The van der Waals surface area contributed by atoms with Crippen LogP contribution in [0.5, 0.6) is 11.5 Å². The van der Waals surface area contributed by atoms with Gasteiger partial charge in [-0.1, -0.05) is 0 Å². The third-order valence-electron chi connectivity index (χ3n) is 2.68. The zero-order valence-electron chi connectivity index (χ0n) is 11.0. The lowest BCUT2D eigenvalue weighted by atomic mass is 9.95. The molecule has 0 aliphatic heterocycles. The van der Waals surface area contributed by atoms with Crippen molar-refractivity contribution in [3.63, 3.8) is 0 Å². The molecule has 6 heteroatoms. The predicted molar refractivity (Wildman–Crippen MR) is 73.5 cm³/mol. The second-order valence-corrected chi connectivity index (χ2v) is 4.72. The average Bonchev–Trinajstić information content (AvgIpc) is 2.39. The molecule has 2 unspecified atom stereocenters. The fourth-order valence-corrected chi connectivity index (χ4v) is 2.39. The van der Waals surface area contributed by atoms with Gasteiger partial charge in [0, 0.05) is 7.11 Å². The molecule has 1 aromatic rings. The summed E-state index contributed by atoms with van der Waals surface area (Å²) in [4.78, 5) is 0. The lowest BCUT2D eigenvalue weighted by molar-refractivity contribution is 0.0571. The molecule has 5 nitrogen and oxygen atoms in total. The first-order valence-corrected chi connectivity index (χ1v) is 6.36. The maximum absolute atomic E-state index is 9.91. The van der Waals surface area contributed by atoms with Crippen LogP contribution in [0.15, 0.2) is 16.6 Å². The highest BCUT2D eigenvalue weighted by molar-refractivity contribution is 9.10. The molecule has 0 bridgehead atoms. The Bertz CT molecular complexity index is 472. The van der Waals surface area contributed by atoms with Crippen molar-refractivity contribution in [2.45, 2.75) is 12.0 Å². The van der Waals surface area contributed by atoms with E-state index in [1.807, 2.05) is 0 Å². The van der Waals surface area contributed by atoms with E-state index in [1.54, 1.807) is 12.1 Å². The van der Waals surface area contributed by atoms with E-state index in [2.05, 4.69) is 22.0 Å². The summed E-state index contributed by atoms with van der Waals surface area (Å²) in [5.41, 5.74) is 0.636. The van der Waals surface area contributed by atoms with Crippen molar-refractivity contribution in [2.24, 2.45) is 0 Å². The van der Waals surface area contributed by atoms with Gasteiger partial charge in [-0.25, -0.2) is 0 Å². The first-order chi connectivity index (χ1) is 9.08. The number of hydrogen-bond donors (Lipinski definition) is 1. The van der Waals surface area contributed by atoms with Gasteiger partial charge in [0.2, 0.25) is 0 Å². The Morgan fingerprint density at radius 1 is 1.32 bits per heavy atom. The van der Waals surface area contributed by atoms with Gasteiger partial charge < -0.3 is 19.3 Å². The van der Waals surface area contributed by atoms with Crippen LogP contribution in [0, 0.1) is 11.3 Å². The number of ether oxygens (including phenoxy) is 3. The van der Waals surface area contributed by atoms with E-state index in [1.165, 1.54) is 21.3 Å². The SMILES string of the molecule is COCC(O)C(C#N)c1cc(Br)c(OC)c(OC)c1. The normalized spacial score (nSPS) is 13.5. The highest BCUT2D eigenvalue weighted by Crippen LogP contribution is 2.38. The molecule has 1 rings (SSSR count). The molecule has 19 heavy (non-hydrogen) atoms. The minimum atomic E-state index is -0.903. The molecule has 1 aromatic carbocycles. The summed E-state index contributed by atoms with van der Waals surface area (Å²) in [6.45, 7) is 0.0875. The molecule has 0 fully saturated rings. The predicted octanol–water partition coefficient (Wildman–Crippen LogP) is 2.08. The maximum atomic E-state index is 9.91. The maximum Gasteiger partial charge on any atom is 0.174 e. The van der Waals surface area contributed by atoms with Gasteiger partial charge in [0.1, 0.15) is 0 Å². The molecular formula is C13H16BrNO4. The first kappa shape index (κ1) is 15.8. The van der Waals surface area contributed by atoms with E-state index in [-0.39, 0.29) is 6.61 Å². The molecule has 104 valence electrons. The Morgan fingerprint density at radius 2 is 2.00 bits per heavy atom. The van der Waals surface area contributed by atoms with Crippen LogP contribution >= 0.6 is 15.9 Å². The first-order valence-electron chi connectivity index (χ1n) is 5.57. The number of hydrogen-bond acceptors (Lipinski definition) is 5. The quantitative estimate of drug-likeness (QED) is 0.865. The van der Waals surface area contributed by atoms with Crippen LogP contribution in [-0.2, 0) is 4.74 Å². The van der Waals surface area contributed by atoms with E-state index in [4.69, 9.17) is 14.2 Å². The molecule has 0 amide bonds. The summed E-state index contributed by atoms with van der Waals surface area (Å²) >= 11 is 3.36. The van der Waals surface area contributed by atoms with Crippen LogP contribution in [0.2, 0.25) is 0 Å². The minimum absolute atomic E-state index is 0.0875. The van der Waals surface area contributed by atoms with E-state index in [0.717, 1.165) is 0 Å². The summed E-state index contributed by atoms with van der Waals surface area (Å²) in [7, 11) is 4.52. The van der Waals surface area contributed by atoms with Crippen molar-refractivity contribution in [3.05, 3.63) is 22.2 Å². The van der Waals surface area contributed by atoms with Crippen molar-refractivity contribution in [2.75, 3.05) is 27.9 Å². The van der Waals surface area contributed by atoms with Gasteiger partial charge >= 0.3 is 0 Å². The van der Waals surface area contributed by atoms with E-state index < -0.39 is 12.0 Å². The Balaban J connectivity index is 3.19. The zero-order valence-corrected chi connectivity index (χ0v) is 12.6. The molecule has 0 aliphatic rings. The smallest absolute Gasteiger partial charge is 0.174 e. The number of rotatable bonds is 6. The van der Waals surface area contributed by atoms with Crippen LogP contribution < -0.4 is 9.47 Å². The Labute approximate surface area is 120 Å². The summed E-state index contributed by atoms with van der Waals surface area (Å²) in [5.74, 6) is 0.344.